The number of hydrogen-bond donors (Lipinski definition) is 2. The molecule has 31 heavy (non-hydrogen) atoms. The number of ether oxygens (including phenoxy) is 3. The molecule has 0 atom stereocenters. The van der Waals surface area contributed by atoms with Crippen LogP contribution in [0.2, 0.25) is 0 Å². The molecule has 0 aliphatic rings. The van der Waals surface area contributed by atoms with Gasteiger partial charge in [-0.2, -0.15) is 4.98 Å². The third-order valence-corrected chi connectivity index (χ3v) is 4.54. The van der Waals surface area contributed by atoms with Crippen LogP contribution >= 0.6 is 0 Å². The highest BCUT2D eigenvalue weighted by Crippen LogP contribution is 2.29. The fourth-order valence-corrected chi connectivity index (χ4v) is 3.10. The van der Waals surface area contributed by atoms with Crippen molar-refractivity contribution in [2.45, 2.75) is 0 Å². The SMILES string of the molecule is COc1cc(Nc2nccc(Oc3ccc4c(C(=O)O)cccc4c3)n2)cc(OC)c1. The number of nitrogens with zero attached hydrogens (tertiary/aromatic N) is 2. The molecule has 156 valence electrons. The molecule has 4 rings (SSSR count). The van der Waals surface area contributed by atoms with E-state index in [1.54, 1.807) is 75.0 Å². The number of fused-ring (bicyclic) bond motifs is 1. The van der Waals surface area contributed by atoms with Crippen molar-refractivity contribution in [2.75, 3.05) is 19.5 Å². The van der Waals surface area contributed by atoms with Crippen LogP contribution in [0, 0.1) is 0 Å². The Balaban J connectivity index is 1.57. The van der Waals surface area contributed by atoms with E-state index < -0.39 is 5.97 Å². The summed E-state index contributed by atoms with van der Waals surface area (Å²) >= 11 is 0. The van der Waals surface area contributed by atoms with E-state index in [-0.39, 0.29) is 5.56 Å². The first-order valence-corrected chi connectivity index (χ1v) is 9.33. The zero-order valence-corrected chi connectivity index (χ0v) is 16.8. The molecule has 3 aromatic carbocycles. The summed E-state index contributed by atoms with van der Waals surface area (Å²) in [5.41, 5.74) is 0.937. The van der Waals surface area contributed by atoms with Gasteiger partial charge in [-0.1, -0.05) is 12.1 Å². The Labute approximate surface area is 178 Å². The van der Waals surface area contributed by atoms with Crippen molar-refractivity contribution in [1.29, 1.82) is 0 Å². The Morgan fingerprint density at radius 2 is 1.71 bits per heavy atom. The molecule has 2 N–H and O–H groups in total. The van der Waals surface area contributed by atoms with Crippen LogP contribution in [0.1, 0.15) is 10.4 Å². The molecular formula is C23H19N3O5. The zero-order chi connectivity index (χ0) is 21.8. The van der Waals surface area contributed by atoms with Gasteiger partial charge in [-0.3, -0.25) is 0 Å². The first kappa shape index (κ1) is 20.0. The third kappa shape index (κ3) is 4.48. The molecule has 0 saturated heterocycles. The quantitative estimate of drug-likeness (QED) is 0.439. The van der Waals surface area contributed by atoms with E-state index in [1.807, 2.05) is 6.07 Å². The highest BCUT2D eigenvalue weighted by molar-refractivity contribution is 6.03. The summed E-state index contributed by atoms with van der Waals surface area (Å²) in [4.78, 5) is 20.0. The van der Waals surface area contributed by atoms with Crippen LogP contribution in [-0.4, -0.2) is 35.3 Å². The summed E-state index contributed by atoms with van der Waals surface area (Å²) in [6, 6.07) is 17.3. The molecule has 4 aromatic rings. The minimum Gasteiger partial charge on any atom is -0.497 e. The minimum absolute atomic E-state index is 0.242. The molecule has 8 nitrogen and oxygen atoms in total. The van der Waals surface area contributed by atoms with Crippen LogP contribution in [0.5, 0.6) is 23.1 Å². The molecule has 0 amide bonds. The van der Waals surface area contributed by atoms with Crippen molar-refractivity contribution in [3.8, 4) is 23.1 Å². The Morgan fingerprint density at radius 3 is 2.42 bits per heavy atom. The van der Waals surface area contributed by atoms with E-state index in [4.69, 9.17) is 14.2 Å². The van der Waals surface area contributed by atoms with E-state index in [1.165, 1.54) is 0 Å². The Kier molecular flexibility index (Phi) is 5.53. The molecular weight excluding hydrogens is 398 g/mol. The number of anilines is 2. The summed E-state index contributed by atoms with van der Waals surface area (Å²) in [7, 11) is 3.15. The number of aromatic carboxylic acids is 1. The summed E-state index contributed by atoms with van der Waals surface area (Å²) in [5.74, 6) is 1.49. The standard InChI is InChI=1S/C23H19N3O5/c1-29-17-11-15(12-18(13-17)30-2)25-23-24-9-8-21(26-23)31-16-6-7-19-14(10-16)4-3-5-20(19)22(27)28/h3-13H,1-2H3,(H,27,28)(H,24,25,26). The number of aromatic nitrogens is 2. The van der Waals surface area contributed by atoms with Gasteiger partial charge >= 0.3 is 5.97 Å². The van der Waals surface area contributed by atoms with Gasteiger partial charge in [0.05, 0.1) is 19.8 Å². The number of carboxylic acid groups (broad SMARTS) is 1. The van der Waals surface area contributed by atoms with Crippen molar-refractivity contribution in [3.05, 3.63) is 72.4 Å². The molecule has 0 unspecified atom stereocenters. The first-order chi connectivity index (χ1) is 15.1. The monoisotopic (exact) mass is 417 g/mol. The maximum absolute atomic E-state index is 11.4. The number of carbonyl (C=O) groups is 1. The summed E-state index contributed by atoms with van der Waals surface area (Å²) in [6.45, 7) is 0. The van der Waals surface area contributed by atoms with Crippen LogP contribution < -0.4 is 19.5 Å². The molecule has 0 aliphatic heterocycles. The molecule has 8 heteroatoms. The summed E-state index contributed by atoms with van der Waals surface area (Å²) < 4.78 is 16.4. The second-order valence-corrected chi connectivity index (χ2v) is 6.54. The van der Waals surface area contributed by atoms with Gasteiger partial charge < -0.3 is 24.6 Å². The van der Waals surface area contributed by atoms with Crippen LogP contribution in [0.3, 0.4) is 0 Å². The predicted octanol–water partition coefficient (Wildman–Crippen LogP) is 4.88. The molecule has 0 fully saturated rings. The summed E-state index contributed by atoms with van der Waals surface area (Å²) in [6.07, 6.45) is 1.58. The van der Waals surface area contributed by atoms with Gasteiger partial charge in [0.15, 0.2) is 0 Å². The van der Waals surface area contributed by atoms with Crippen LogP contribution in [0.25, 0.3) is 10.8 Å². The lowest BCUT2D eigenvalue weighted by molar-refractivity contribution is 0.0699. The van der Waals surface area contributed by atoms with Crippen molar-refractivity contribution >= 4 is 28.4 Å². The van der Waals surface area contributed by atoms with Crippen LogP contribution in [0.15, 0.2) is 66.9 Å². The van der Waals surface area contributed by atoms with Gasteiger partial charge in [0.2, 0.25) is 11.8 Å². The first-order valence-electron chi connectivity index (χ1n) is 9.33. The van der Waals surface area contributed by atoms with Gasteiger partial charge in [0.1, 0.15) is 17.2 Å². The Morgan fingerprint density at radius 1 is 0.935 bits per heavy atom. The number of carboxylic acids is 1. The number of hydrogen-bond acceptors (Lipinski definition) is 7. The van der Waals surface area contributed by atoms with E-state index in [0.29, 0.717) is 40.2 Å². The fourth-order valence-electron chi connectivity index (χ4n) is 3.10. The van der Waals surface area contributed by atoms with Crippen molar-refractivity contribution in [1.82, 2.24) is 9.97 Å². The third-order valence-electron chi connectivity index (χ3n) is 4.54. The fraction of sp³-hybridized carbons (Fsp3) is 0.0870. The molecule has 1 heterocycles. The Bertz CT molecular complexity index is 1240. The average molecular weight is 417 g/mol. The van der Waals surface area contributed by atoms with Crippen molar-refractivity contribution in [2.24, 2.45) is 0 Å². The number of nitrogens with one attached hydrogen (secondary N) is 1. The molecule has 1 aromatic heterocycles. The maximum Gasteiger partial charge on any atom is 0.336 e. The second-order valence-electron chi connectivity index (χ2n) is 6.54. The van der Waals surface area contributed by atoms with Gasteiger partial charge in [-0.25, -0.2) is 9.78 Å². The summed E-state index contributed by atoms with van der Waals surface area (Å²) in [5, 5.41) is 13.8. The predicted molar refractivity (Wildman–Crippen MR) is 116 cm³/mol. The van der Waals surface area contributed by atoms with E-state index in [0.717, 1.165) is 5.39 Å². The molecule has 0 spiro atoms. The lowest BCUT2D eigenvalue weighted by Crippen LogP contribution is -1.99. The van der Waals surface area contributed by atoms with E-state index in [9.17, 15) is 9.90 Å². The lowest BCUT2D eigenvalue weighted by atomic mass is 10.0. The molecule has 0 aliphatic carbocycles. The van der Waals surface area contributed by atoms with Gasteiger partial charge in [0.25, 0.3) is 0 Å². The van der Waals surface area contributed by atoms with Gasteiger partial charge in [-0.05, 0) is 35.0 Å². The van der Waals surface area contributed by atoms with E-state index >= 15 is 0 Å². The number of rotatable bonds is 7. The molecule has 0 radical (unpaired) electrons. The van der Waals surface area contributed by atoms with Crippen LogP contribution in [0.4, 0.5) is 11.6 Å². The lowest BCUT2D eigenvalue weighted by Gasteiger charge is -2.11. The van der Waals surface area contributed by atoms with Gasteiger partial charge in [-0.15, -0.1) is 0 Å². The van der Waals surface area contributed by atoms with Crippen molar-refractivity contribution in [3.63, 3.8) is 0 Å². The smallest absolute Gasteiger partial charge is 0.336 e. The van der Waals surface area contributed by atoms with Crippen molar-refractivity contribution < 1.29 is 24.1 Å². The maximum atomic E-state index is 11.4. The minimum atomic E-state index is -0.972. The highest BCUT2D eigenvalue weighted by atomic mass is 16.5. The molecule has 0 saturated carbocycles. The topological polar surface area (TPSA) is 103 Å². The largest absolute Gasteiger partial charge is 0.497 e. The van der Waals surface area contributed by atoms with E-state index in [2.05, 4.69) is 15.3 Å². The highest BCUT2D eigenvalue weighted by Gasteiger charge is 2.10. The number of methoxy groups -OCH3 is 2. The normalized spacial score (nSPS) is 10.5. The zero-order valence-electron chi connectivity index (χ0n) is 16.8. The van der Waals surface area contributed by atoms with Gasteiger partial charge in [0, 0.05) is 36.1 Å². The average Bonchev–Trinajstić information content (AvgIpc) is 2.78. The number of benzene rings is 3. The molecule has 0 bridgehead atoms. The van der Waals surface area contributed by atoms with Crippen LogP contribution in [-0.2, 0) is 0 Å². The Hall–Kier alpha value is -4.33. The second kappa shape index (κ2) is 8.58.